The van der Waals surface area contributed by atoms with Crippen LogP contribution in [0.15, 0.2) is 0 Å². The van der Waals surface area contributed by atoms with E-state index in [1.54, 1.807) is 0 Å². The molecule has 1 aliphatic rings. The molecule has 0 spiro atoms. The fourth-order valence-corrected chi connectivity index (χ4v) is 2.59. The van der Waals surface area contributed by atoms with Crippen LogP contribution in [0.3, 0.4) is 0 Å². The quantitative estimate of drug-likeness (QED) is 0.711. The van der Waals surface area contributed by atoms with E-state index in [0.717, 1.165) is 30.0 Å². The zero-order chi connectivity index (χ0) is 14.1. The number of nitrogens with zero attached hydrogens (tertiary/aromatic N) is 3. The molecule has 0 unspecified atom stereocenters. The van der Waals surface area contributed by atoms with E-state index in [4.69, 9.17) is 22.3 Å². The third-order valence-electron chi connectivity index (χ3n) is 3.45. The summed E-state index contributed by atoms with van der Waals surface area (Å²) in [6, 6.07) is 0. The van der Waals surface area contributed by atoms with Crippen LogP contribution in [-0.2, 0) is 6.54 Å². The molecule has 2 heterocycles. The standard InChI is InChI=1S/C13H19N5OS/c1-2-6-18-12-9(15-10(16-12)8-3-4-8)11(14-5-7-19)17-13(18)20/h8,19H,2-7H2,1H3,(H,15,16)(H,14,17,20). The maximum atomic E-state index is 8.96. The van der Waals surface area contributed by atoms with E-state index < -0.39 is 0 Å². The third kappa shape index (κ3) is 2.43. The van der Waals surface area contributed by atoms with Gasteiger partial charge in [0.25, 0.3) is 0 Å². The molecule has 3 rings (SSSR count). The molecular weight excluding hydrogens is 274 g/mol. The maximum absolute atomic E-state index is 8.96. The molecule has 1 fully saturated rings. The van der Waals surface area contributed by atoms with Gasteiger partial charge in [0.2, 0.25) is 4.77 Å². The Morgan fingerprint density at radius 2 is 2.25 bits per heavy atom. The molecule has 0 aliphatic heterocycles. The first-order valence-corrected chi connectivity index (χ1v) is 7.50. The monoisotopic (exact) mass is 293 g/mol. The van der Waals surface area contributed by atoms with E-state index in [9.17, 15) is 0 Å². The lowest BCUT2D eigenvalue weighted by Crippen LogP contribution is -2.11. The predicted octanol–water partition coefficient (Wildman–Crippen LogP) is 2.18. The Morgan fingerprint density at radius 1 is 1.45 bits per heavy atom. The number of aliphatic hydroxyl groups is 1. The number of anilines is 1. The van der Waals surface area contributed by atoms with Gasteiger partial charge in [-0.1, -0.05) is 6.92 Å². The first kappa shape index (κ1) is 13.5. The minimum atomic E-state index is 0.0589. The first-order valence-electron chi connectivity index (χ1n) is 7.09. The highest BCUT2D eigenvalue weighted by Gasteiger charge is 2.28. The van der Waals surface area contributed by atoms with E-state index >= 15 is 0 Å². The van der Waals surface area contributed by atoms with Crippen LogP contribution < -0.4 is 5.32 Å². The van der Waals surface area contributed by atoms with Gasteiger partial charge in [0, 0.05) is 19.0 Å². The van der Waals surface area contributed by atoms with Crippen LogP contribution >= 0.6 is 12.2 Å². The van der Waals surface area contributed by atoms with Crippen LogP contribution in [-0.4, -0.2) is 37.8 Å². The second-order valence-corrected chi connectivity index (χ2v) is 5.51. The molecule has 20 heavy (non-hydrogen) atoms. The number of aromatic amines is 1. The highest BCUT2D eigenvalue weighted by Crippen LogP contribution is 2.39. The van der Waals surface area contributed by atoms with E-state index in [1.807, 2.05) is 4.57 Å². The number of nitrogens with one attached hydrogen (secondary N) is 2. The molecule has 1 saturated carbocycles. The molecule has 108 valence electrons. The molecule has 0 bridgehead atoms. The van der Waals surface area contributed by atoms with Crippen molar-refractivity contribution in [2.75, 3.05) is 18.5 Å². The van der Waals surface area contributed by atoms with E-state index in [0.29, 0.717) is 23.1 Å². The summed E-state index contributed by atoms with van der Waals surface area (Å²) in [7, 11) is 0. The lowest BCUT2D eigenvalue weighted by Gasteiger charge is -2.09. The number of H-pyrrole nitrogens is 1. The number of rotatable bonds is 6. The highest BCUT2D eigenvalue weighted by molar-refractivity contribution is 7.71. The van der Waals surface area contributed by atoms with E-state index in [2.05, 4.69) is 22.2 Å². The number of fused-ring (bicyclic) bond motifs is 1. The van der Waals surface area contributed by atoms with Crippen molar-refractivity contribution >= 4 is 29.2 Å². The molecule has 3 N–H and O–H groups in total. The average molecular weight is 293 g/mol. The Bertz CT molecular complexity index is 673. The van der Waals surface area contributed by atoms with Gasteiger partial charge in [-0.25, -0.2) is 9.97 Å². The smallest absolute Gasteiger partial charge is 0.203 e. The Hall–Kier alpha value is -1.47. The summed E-state index contributed by atoms with van der Waals surface area (Å²) in [6.07, 6.45) is 3.38. The molecule has 1 aliphatic carbocycles. The van der Waals surface area contributed by atoms with Gasteiger partial charge in [-0.15, -0.1) is 0 Å². The highest BCUT2D eigenvalue weighted by atomic mass is 32.1. The van der Waals surface area contributed by atoms with Gasteiger partial charge in [-0.2, -0.15) is 0 Å². The van der Waals surface area contributed by atoms with Crippen LogP contribution in [0.4, 0.5) is 5.82 Å². The van der Waals surface area contributed by atoms with E-state index in [-0.39, 0.29) is 6.61 Å². The van der Waals surface area contributed by atoms with Crippen LogP contribution in [0.1, 0.15) is 37.9 Å². The normalized spacial score (nSPS) is 14.9. The van der Waals surface area contributed by atoms with Crippen molar-refractivity contribution in [2.24, 2.45) is 0 Å². The summed E-state index contributed by atoms with van der Waals surface area (Å²) >= 11 is 5.37. The van der Waals surface area contributed by atoms with Crippen LogP contribution in [0, 0.1) is 4.77 Å². The fraction of sp³-hybridized carbons (Fsp3) is 0.615. The van der Waals surface area contributed by atoms with Crippen molar-refractivity contribution in [3.05, 3.63) is 10.6 Å². The number of aliphatic hydroxyl groups excluding tert-OH is 1. The van der Waals surface area contributed by atoms with Crippen molar-refractivity contribution < 1.29 is 5.11 Å². The lowest BCUT2D eigenvalue weighted by atomic mass is 10.4. The molecule has 0 aromatic carbocycles. The van der Waals surface area contributed by atoms with Gasteiger partial charge in [0.1, 0.15) is 11.3 Å². The summed E-state index contributed by atoms with van der Waals surface area (Å²) in [4.78, 5) is 12.5. The summed E-state index contributed by atoms with van der Waals surface area (Å²) in [5.41, 5.74) is 1.76. The first-order chi connectivity index (χ1) is 9.74. The summed E-state index contributed by atoms with van der Waals surface area (Å²) in [5, 5.41) is 12.1. The molecule has 6 nitrogen and oxygen atoms in total. The second kappa shape index (κ2) is 5.49. The Kier molecular flexibility index (Phi) is 3.71. The minimum absolute atomic E-state index is 0.0589. The minimum Gasteiger partial charge on any atom is -0.395 e. The lowest BCUT2D eigenvalue weighted by molar-refractivity contribution is 0.311. The number of hydrogen-bond acceptors (Lipinski definition) is 5. The predicted molar refractivity (Wildman–Crippen MR) is 80.6 cm³/mol. The van der Waals surface area contributed by atoms with Crippen molar-refractivity contribution in [1.29, 1.82) is 0 Å². The molecular formula is C13H19N5OS. The third-order valence-corrected chi connectivity index (χ3v) is 3.76. The molecule has 0 saturated heterocycles. The van der Waals surface area contributed by atoms with Crippen LogP contribution in [0.25, 0.3) is 11.2 Å². The average Bonchev–Trinajstić information content (AvgIpc) is 3.19. The molecule has 0 atom stereocenters. The zero-order valence-corrected chi connectivity index (χ0v) is 12.3. The van der Waals surface area contributed by atoms with Crippen LogP contribution in [0.2, 0.25) is 0 Å². The van der Waals surface area contributed by atoms with Crippen LogP contribution in [0.5, 0.6) is 0 Å². The summed E-state index contributed by atoms with van der Waals surface area (Å²) in [5.74, 6) is 2.27. The fourth-order valence-electron chi connectivity index (χ4n) is 2.32. The number of hydrogen-bond donors (Lipinski definition) is 3. The zero-order valence-electron chi connectivity index (χ0n) is 11.5. The summed E-state index contributed by atoms with van der Waals surface area (Å²) < 4.78 is 2.52. The van der Waals surface area contributed by atoms with Crippen molar-refractivity contribution in [3.63, 3.8) is 0 Å². The molecule has 2 aromatic rings. The molecule has 0 radical (unpaired) electrons. The number of aryl methyl sites for hydroxylation is 1. The molecule has 0 amide bonds. The van der Waals surface area contributed by atoms with Gasteiger partial charge < -0.3 is 15.4 Å². The van der Waals surface area contributed by atoms with Gasteiger partial charge in [0.05, 0.1) is 6.61 Å². The summed E-state index contributed by atoms with van der Waals surface area (Å²) in [6.45, 7) is 3.44. The topological polar surface area (TPSA) is 78.8 Å². The Balaban J connectivity index is 2.14. The molecule has 2 aromatic heterocycles. The van der Waals surface area contributed by atoms with Crippen molar-refractivity contribution in [2.45, 2.75) is 38.6 Å². The van der Waals surface area contributed by atoms with Crippen molar-refractivity contribution in [1.82, 2.24) is 19.5 Å². The second-order valence-electron chi connectivity index (χ2n) is 5.14. The van der Waals surface area contributed by atoms with Gasteiger partial charge >= 0.3 is 0 Å². The Labute approximate surface area is 122 Å². The van der Waals surface area contributed by atoms with Gasteiger partial charge in [-0.3, -0.25) is 4.57 Å². The largest absolute Gasteiger partial charge is 0.395 e. The van der Waals surface area contributed by atoms with Gasteiger partial charge in [0.15, 0.2) is 11.5 Å². The van der Waals surface area contributed by atoms with Crippen molar-refractivity contribution in [3.8, 4) is 0 Å². The SMILES string of the molecule is CCCn1c(=S)nc(NCCO)c2[nH]c(C3CC3)nc21. The number of aromatic nitrogens is 4. The maximum Gasteiger partial charge on any atom is 0.203 e. The molecule has 7 heteroatoms. The van der Waals surface area contributed by atoms with Gasteiger partial charge in [-0.05, 0) is 31.5 Å². The Morgan fingerprint density at radius 3 is 2.90 bits per heavy atom. The van der Waals surface area contributed by atoms with E-state index in [1.165, 1.54) is 12.8 Å². The number of imidazole rings is 1.